The van der Waals surface area contributed by atoms with Crippen LogP contribution in [0.4, 0.5) is 4.39 Å². The van der Waals surface area contributed by atoms with Crippen LogP contribution in [-0.2, 0) is 5.41 Å². The fourth-order valence-electron chi connectivity index (χ4n) is 3.52. The Bertz CT molecular complexity index is 630. The van der Waals surface area contributed by atoms with Gasteiger partial charge in [-0.1, -0.05) is 55.1 Å². The zero-order valence-electron chi connectivity index (χ0n) is 11.8. The Morgan fingerprint density at radius 3 is 2.29 bits per heavy atom. The topological polar surface area (TPSA) is 20.2 Å². The van der Waals surface area contributed by atoms with Gasteiger partial charge >= 0.3 is 0 Å². The van der Waals surface area contributed by atoms with Crippen LogP contribution in [0.3, 0.4) is 0 Å². The van der Waals surface area contributed by atoms with Crippen molar-refractivity contribution in [2.24, 2.45) is 0 Å². The summed E-state index contributed by atoms with van der Waals surface area (Å²) in [5.74, 6) is -0.118. The Labute approximate surface area is 129 Å². The quantitative estimate of drug-likeness (QED) is 0.784. The van der Waals surface area contributed by atoms with Gasteiger partial charge in [0.15, 0.2) is 0 Å². The van der Waals surface area contributed by atoms with Crippen molar-refractivity contribution in [1.82, 2.24) is 0 Å². The average Bonchev–Trinajstić information content (AvgIpc) is 2.51. The van der Waals surface area contributed by atoms with Crippen molar-refractivity contribution >= 4 is 11.6 Å². The molecule has 0 spiro atoms. The molecule has 0 amide bonds. The second-order valence-electron chi connectivity index (χ2n) is 5.79. The zero-order valence-corrected chi connectivity index (χ0v) is 12.5. The van der Waals surface area contributed by atoms with Crippen LogP contribution in [0.15, 0.2) is 42.5 Å². The third kappa shape index (κ3) is 2.53. The van der Waals surface area contributed by atoms with Gasteiger partial charge in [0, 0.05) is 5.41 Å². The first-order valence-electron chi connectivity index (χ1n) is 7.37. The number of phenols is 1. The van der Waals surface area contributed by atoms with E-state index in [-0.39, 0.29) is 22.0 Å². The van der Waals surface area contributed by atoms with E-state index in [9.17, 15) is 9.50 Å². The highest BCUT2D eigenvalue weighted by atomic mass is 35.5. The van der Waals surface area contributed by atoms with Crippen LogP contribution in [0, 0.1) is 5.82 Å². The van der Waals surface area contributed by atoms with Crippen molar-refractivity contribution < 1.29 is 9.50 Å². The Hall–Kier alpha value is -1.54. The van der Waals surface area contributed by atoms with E-state index in [1.165, 1.54) is 12.5 Å². The maximum absolute atomic E-state index is 13.9. The predicted octanol–water partition coefficient (Wildman–Crippen LogP) is 5.43. The Morgan fingerprint density at radius 1 is 0.952 bits per heavy atom. The minimum Gasteiger partial charge on any atom is -0.508 e. The van der Waals surface area contributed by atoms with Crippen LogP contribution in [0.2, 0.25) is 5.02 Å². The number of halogens is 2. The Kier molecular flexibility index (Phi) is 3.90. The van der Waals surface area contributed by atoms with E-state index in [0.29, 0.717) is 0 Å². The second-order valence-corrected chi connectivity index (χ2v) is 6.17. The Balaban J connectivity index is 2.17. The van der Waals surface area contributed by atoms with Crippen molar-refractivity contribution in [2.45, 2.75) is 37.5 Å². The van der Waals surface area contributed by atoms with Crippen molar-refractivity contribution in [1.29, 1.82) is 0 Å². The fourth-order valence-corrected chi connectivity index (χ4v) is 3.83. The predicted molar refractivity (Wildman–Crippen MR) is 83.4 cm³/mol. The van der Waals surface area contributed by atoms with Crippen molar-refractivity contribution in [3.8, 4) is 5.75 Å². The minimum absolute atomic E-state index is 0.229. The lowest BCUT2D eigenvalue weighted by molar-refractivity contribution is 0.344. The molecule has 0 bridgehead atoms. The van der Waals surface area contributed by atoms with Gasteiger partial charge in [-0.25, -0.2) is 4.39 Å². The first-order chi connectivity index (χ1) is 10.1. The van der Waals surface area contributed by atoms with E-state index in [2.05, 4.69) is 0 Å². The van der Waals surface area contributed by atoms with Crippen LogP contribution in [0.5, 0.6) is 5.75 Å². The van der Waals surface area contributed by atoms with Gasteiger partial charge in [-0.15, -0.1) is 0 Å². The summed E-state index contributed by atoms with van der Waals surface area (Å²) in [4.78, 5) is 0. The molecule has 3 heteroatoms. The van der Waals surface area contributed by atoms with Crippen molar-refractivity contribution in [3.63, 3.8) is 0 Å². The molecular formula is C18H18ClFO. The number of hydrogen-bond donors (Lipinski definition) is 1. The molecule has 2 aromatic rings. The lowest BCUT2D eigenvalue weighted by Crippen LogP contribution is -2.31. The van der Waals surface area contributed by atoms with Gasteiger partial charge in [0.05, 0.1) is 5.02 Å². The van der Waals surface area contributed by atoms with Gasteiger partial charge in [0.2, 0.25) is 0 Å². The van der Waals surface area contributed by atoms with E-state index < -0.39 is 0 Å². The molecule has 1 aliphatic carbocycles. The molecule has 0 aromatic heterocycles. The highest BCUT2D eigenvalue weighted by molar-refractivity contribution is 6.31. The molecule has 0 atom stereocenters. The third-order valence-electron chi connectivity index (χ3n) is 4.59. The van der Waals surface area contributed by atoms with E-state index in [0.717, 1.165) is 36.8 Å². The fraction of sp³-hybridized carbons (Fsp3) is 0.333. The molecular weight excluding hydrogens is 287 g/mol. The maximum atomic E-state index is 13.9. The van der Waals surface area contributed by atoms with Gasteiger partial charge in [-0.05, 0) is 42.2 Å². The van der Waals surface area contributed by atoms with Gasteiger partial charge < -0.3 is 5.11 Å². The smallest absolute Gasteiger partial charge is 0.142 e. The third-order valence-corrected chi connectivity index (χ3v) is 4.98. The average molecular weight is 305 g/mol. The van der Waals surface area contributed by atoms with Crippen molar-refractivity contribution in [2.75, 3.05) is 0 Å². The number of rotatable bonds is 2. The lowest BCUT2D eigenvalue weighted by atomic mass is 9.65. The minimum atomic E-state index is -0.363. The number of aromatic hydroxyl groups is 1. The van der Waals surface area contributed by atoms with Crippen LogP contribution in [0.25, 0.3) is 0 Å². The van der Waals surface area contributed by atoms with Crippen LogP contribution >= 0.6 is 11.6 Å². The summed E-state index contributed by atoms with van der Waals surface area (Å²) in [6.07, 6.45) is 5.33. The SMILES string of the molecule is Oc1ccc(C2(c3cccc(F)c3Cl)CCCCC2)cc1. The normalized spacial score (nSPS) is 17.6. The molecule has 110 valence electrons. The molecule has 1 nitrogen and oxygen atoms in total. The van der Waals surface area contributed by atoms with E-state index in [1.54, 1.807) is 18.2 Å². The van der Waals surface area contributed by atoms with Gasteiger partial charge in [0.25, 0.3) is 0 Å². The molecule has 1 saturated carbocycles. The molecule has 1 fully saturated rings. The van der Waals surface area contributed by atoms with E-state index >= 15 is 0 Å². The highest BCUT2D eigenvalue weighted by Crippen LogP contribution is 2.47. The molecule has 0 saturated heterocycles. The molecule has 3 rings (SSSR count). The largest absolute Gasteiger partial charge is 0.508 e. The number of phenolic OH excluding ortho intramolecular Hbond substituents is 1. The van der Waals surface area contributed by atoms with Gasteiger partial charge in [0.1, 0.15) is 11.6 Å². The molecule has 21 heavy (non-hydrogen) atoms. The summed E-state index contributed by atoms with van der Waals surface area (Å²) >= 11 is 6.27. The Morgan fingerprint density at radius 2 is 1.62 bits per heavy atom. The summed E-state index contributed by atoms with van der Waals surface area (Å²) < 4.78 is 13.9. The molecule has 0 aliphatic heterocycles. The van der Waals surface area contributed by atoms with Crippen LogP contribution < -0.4 is 0 Å². The molecule has 0 heterocycles. The highest BCUT2D eigenvalue weighted by Gasteiger charge is 2.37. The van der Waals surface area contributed by atoms with Gasteiger partial charge in [-0.3, -0.25) is 0 Å². The first-order valence-corrected chi connectivity index (χ1v) is 7.75. The molecule has 0 radical (unpaired) electrons. The molecule has 1 aliphatic rings. The zero-order chi connectivity index (χ0) is 14.9. The summed E-state index contributed by atoms with van der Waals surface area (Å²) in [5.41, 5.74) is 1.73. The lowest BCUT2D eigenvalue weighted by Gasteiger charge is -2.39. The molecule has 2 aromatic carbocycles. The van der Waals surface area contributed by atoms with E-state index in [4.69, 9.17) is 11.6 Å². The standard InChI is InChI=1S/C18H18ClFO/c19-17-15(5-4-6-16(17)20)18(11-2-1-3-12-18)13-7-9-14(21)10-8-13/h4-10,21H,1-3,11-12H2. The first kappa shape index (κ1) is 14.4. The number of benzene rings is 2. The summed E-state index contributed by atoms with van der Waals surface area (Å²) in [5, 5.41) is 9.75. The second kappa shape index (κ2) is 5.69. The molecule has 0 unspecified atom stereocenters. The monoisotopic (exact) mass is 304 g/mol. The summed E-state index contributed by atoms with van der Waals surface area (Å²) in [6, 6.07) is 12.3. The van der Waals surface area contributed by atoms with Gasteiger partial charge in [-0.2, -0.15) is 0 Å². The summed E-state index contributed by atoms with van der Waals surface area (Å²) in [7, 11) is 0. The van der Waals surface area contributed by atoms with E-state index in [1.807, 2.05) is 18.2 Å². The maximum Gasteiger partial charge on any atom is 0.142 e. The number of hydrogen-bond acceptors (Lipinski definition) is 1. The summed E-state index contributed by atoms with van der Waals surface area (Å²) in [6.45, 7) is 0. The van der Waals surface area contributed by atoms with Crippen molar-refractivity contribution in [3.05, 3.63) is 64.4 Å². The van der Waals surface area contributed by atoms with Crippen LogP contribution in [-0.4, -0.2) is 5.11 Å². The van der Waals surface area contributed by atoms with Crippen LogP contribution in [0.1, 0.15) is 43.2 Å². The molecule has 1 N–H and O–H groups in total.